The Morgan fingerprint density at radius 1 is 1.31 bits per heavy atom. The first-order valence-electron chi connectivity index (χ1n) is 10.8. The fraction of sp³-hybridized carbons (Fsp3) is 0.375. The zero-order valence-electron chi connectivity index (χ0n) is 20.0. The standard InChI is InChI=1S/C22H28N6O2.C2H6/c1-7-11(2)12(3)8-19(23)28-22-20-15-9-18(30-6)17(26-14(5)29)10-16(15)27-21(20)24-13(4)25-22;1-2/h8-11H,3,7,23H2,1-2,4-6H3,(H,26,29)(H2,24,25,27,28);1-2H3/b19-8+;. The van der Waals surface area contributed by atoms with Gasteiger partial charge >= 0.3 is 0 Å². The van der Waals surface area contributed by atoms with Crippen LogP contribution in [0.25, 0.3) is 21.9 Å². The van der Waals surface area contributed by atoms with Crippen LogP contribution in [0, 0.1) is 12.8 Å². The second-order valence-electron chi connectivity index (χ2n) is 7.36. The molecule has 0 radical (unpaired) electrons. The van der Waals surface area contributed by atoms with Crippen molar-refractivity contribution < 1.29 is 9.53 Å². The third-order valence-electron chi connectivity index (χ3n) is 5.04. The number of nitrogens with zero attached hydrogens (tertiary/aromatic N) is 2. The number of nitrogens with one attached hydrogen (secondary N) is 3. The summed E-state index contributed by atoms with van der Waals surface area (Å²) in [5, 5.41) is 7.62. The van der Waals surface area contributed by atoms with E-state index in [0.29, 0.717) is 40.5 Å². The van der Waals surface area contributed by atoms with Crippen molar-refractivity contribution in [2.75, 3.05) is 17.7 Å². The van der Waals surface area contributed by atoms with Crippen LogP contribution in [0.2, 0.25) is 0 Å². The minimum Gasteiger partial charge on any atom is -0.495 e. The number of H-pyrrole nitrogens is 1. The van der Waals surface area contributed by atoms with E-state index >= 15 is 0 Å². The normalized spacial score (nSPS) is 12.2. The van der Waals surface area contributed by atoms with Crippen LogP contribution in [-0.2, 0) is 4.79 Å². The highest BCUT2D eigenvalue weighted by atomic mass is 16.5. The van der Waals surface area contributed by atoms with Gasteiger partial charge in [-0.25, -0.2) is 9.97 Å². The van der Waals surface area contributed by atoms with Gasteiger partial charge in [-0.15, -0.1) is 0 Å². The van der Waals surface area contributed by atoms with Gasteiger partial charge in [-0.3, -0.25) is 4.79 Å². The molecule has 0 aliphatic rings. The molecule has 2 aromatic heterocycles. The number of amides is 1. The number of hydrogen-bond acceptors (Lipinski definition) is 6. The van der Waals surface area contributed by atoms with Crippen molar-refractivity contribution in [3.05, 3.63) is 42.0 Å². The van der Waals surface area contributed by atoms with Crippen molar-refractivity contribution in [3.8, 4) is 5.75 Å². The Balaban J connectivity index is 0.00000176. The predicted molar refractivity (Wildman–Crippen MR) is 133 cm³/mol. The molecule has 2 heterocycles. The summed E-state index contributed by atoms with van der Waals surface area (Å²) in [4.78, 5) is 23.9. The largest absolute Gasteiger partial charge is 0.495 e. The van der Waals surface area contributed by atoms with Crippen molar-refractivity contribution in [2.24, 2.45) is 11.7 Å². The molecule has 0 aliphatic heterocycles. The molecule has 0 saturated heterocycles. The van der Waals surface area contributed by atoms with Crippen LogP contribution in [0.3, 0.4) is 0 Å². The van der Waals surface area contributed by atoms with Crippen molar-refractivity contribution in [1.82, 2.24) is 15.0 Å². The molecule has 8 nitrogen and oxygen atoms in total. The summed E-state index contributed by atoms with van der Waals surface area (Å²) < 4.78 is 5.47. The van der Waals surface area contributed by atoms with Crippen molar-refractivity contribution in [2.45, 2.75) is 48.0 Å². The first-order chi connectivity index (χ1) is 15.2. The van der Waals surface area contributed by atoms with Gasteiger partial charge in [0, 0.05) is 12.3 Å². The van der Waals surface area contributed by atoms with Crippen LogP contribution in [0.1, 0.15) is 46.9 Å². The Morgan fingerprint density at radius 2 is 2.00 bits per heavy atom. The maximum atomic E-state index is 11.5. The van der Waals surface area contributed by atoms with Crippen molar-refractivity contribution in [1.29, 1.82) is 0 Å². The maximum Gasteiger partial charge on any atom is 0.221 e. The number of aromatic nitrogens is 3. The fourth-order valence-corrected chi connectivity index (χ4v) is 3.26. The Kier molecular flexibility index (Phi) is 8.23. The number of carbonyl (C=O) groups is 1. The highest BCUT2D eigenvalue weighted by molar-refractivity contribution is 6.13. The average molecular weight is 439 g/mol. The number of aryl methyl sites for hydroxylation is 1. The van der Waals surface area contributed by atoms with Crippen molar-refractivity contribution >= 4 is 39.3 Å². The van der Waals surface area contributed by atoms with E-state index in [1.54, 1.807) is 7.11 Å². The molecule has 0 bridgehead atoms. The van der Waals surface area contributed by atoms with Crippen LogP contribution in [0.5, 0.6) is 5.75 Å². The lowest BCUT2D eigenvalue weighted by Gasteiger charge is -2.12. The molecule has 172 valence electrons. The van der Waals surface area contributed by atoms with Gasteiger partial charge < -0.3 is 26.1 Å². The summed E-state index contributed by atoms with van der Waals surface area (Å²) in [6.45, 7) is 15.6. The van der Waals surface area contributed by atoms with Crippen LogP contribution in [0.15, 0.2) is 36.2 Å². The molecule has 0 aliphatic carbocycles. The molecule has 0 saturated carbocycles. The van der Waals surface area contributed by atoms with Crippen LogP contribution in [0.4, 0.5) is 11.5 Å². The first-order valence-corrected chi connectivity index (χ1v) is 10.8. The molecule has 5 N–H and O–H groups in total. The Morgan fingerprint density at radius 3 is 2.59 bits per heavy atom. The molecular formula is C24H34N6O2. The minimum absolute atomic E-state index is 0.179. The molecule has 1 unspecified atom stereocenters. The van der Waals surface area contributed by atoms with Gasteiger partial charge in [0.05, 0.1) is 23.7 Å². The van der Waals surface area contributed by atoms with E-state index in [1.165, 1.54) is 6.92 Å². The molecule has 1 amide bonds. The van der Waals surface area contributed by atoms with Gasteiger partial charge in [0.1, 0.15) is 28.9 Å². The highest BCUT2D eigenvalue weighted by Crippen LogP contribution is 2.36. The number of anilines is 2. The number of benzene rings is 1. The zero-order chi connectivity index (χ0) is 24.0. The molecule has 1 atom stereocenters. The molecule has 1 aromatic carbocycles. The molecule has 3 rings (SSSR count). The number of allylic oxidation sites excluding steroid dienone is 2. The Hall–Kier alpha value is -3.55. The van der Waals surface area contributed by atoms with Gasteiger partial charge in [0.15, 0.2) is 0 Å². The van der Waals surface area contributed by atoms with Gasteiger partial charge in [-0.05, 0) is 43.0 Å². The summed E-state index contributed by atoms with van der Waals surface area (Å²) in [7, 11) is 1.56. The molecule has 8 heteroatoms. The fourth-order valence-electron chi connectivity index (χ4n) is 3.26. The molecule has 3 aromatic rings. The average Bonchev–Trinajstić information content (AvgIpc) is 3.10. The minimum atomic E-state index is -0.179. The van der Waals surface area contributed by atoms with E-state index in [2.05, 4.69) is 46.0 Å². The number of nitrogens with two attached hydrogens (primary N) is 1. The third kappa shape index (κ3) is 5.38. The summed E-state index contributed by atoms with van der Waals surface area (Å²) in [5.41, 5.74) is 9.22. The molecule has 0 fully saturated rings. The maximum absolute atomic E-state index is 11.5. The van der Waals surface area contributed by atoms with Gasteiger partial charge in [0.25, 0.3) is 0 Å². The number of methoxy groups -OCH3 is 1. The molecule has 0 spiro atoms. The monoisotopic (exact) mass is 438 g/mol. The molecule has 32 heavy (non-hydrogen) atoms. The van der Waals surface area contributed by atoms with E-state index in [4.69, 9.17) is 10.5 Å². The second kappa shape index (κ2) is 10.7. The third-order valence-corrected chi connectivity index (χ3v) is 5.04. The number of fused-ring (bicyclic) bond motifs is 3. The lowest BCUT2D eigenvalue weighted by molar-refractivity contribution is -0.114. The number of ether oxygens (including phenoxy) is 1. The Bertz CT molecular complexity index is 1160. The first kappa shape index (κ1) is 24.7. The Labute approximate surface area is 189 Å². The highest BCUT2D eigenvalue weighted by Gasteiger charge is 2.17. The quantitative estimate of drug-likeness (QED) is 0.375. The van der Waals surface area contributed by atoms with E-state index in [-0.39, 0.29) is 5.91 Å². The topological polar surface area (TPSA) is 118 Å². The van der Waals surface area contributed by atoms with Crippen LogP contribution < -0.4 is 21.1 Å². The van der Waals surface area contributed by atoms with Gasteiger partial charge in [0.2, 0.25) is 5.91 Å². The van der Waals surface area contributed by atoms with E-state index in [1.807, 2.05) is 39.0 Å². The number of carbonyl (C=O) groups excluding carboxylic acids is 1. The summed E-state index contributed by atoms with van der Waals surface area (Å²) in [6.07, 6.45) is 2.82. The number of aromatic amines is 1. The molecular weight excluding hydrogens is 404 g/mol. The van der Waals surface area contributed by atoms with Crippen LogP contribution in [-0.4, -0.2) is 28.0 Å². The van der Waals surface area contributed by atoms with E-state index in [0.717, 1.165) is 28.3 Å². The summed E-state index contributed by atoms with van der Waals surface area (Å²) in [5.74, 6) is 2.33. The van der Waals surface area contributed by atoms with Crippen LogP contribution >= 0.6 is 0 Å². The smallest absolute Gasteiger partial charge is 0.221 e. The summed E-state index contributed by atoms with van der Waals surface area (Å²) in [6, 6.07) is 3.67. The zero-order valence-corrected chi connectivity index (χ0v) is 20.0. The lowest BCUT2D eigenvalue weighted by Crippen LogP contribution is -2.12. The summed E-state index contributed by atoms with van der Waals surface area (Å²) >= 11 is 0. The van der Waals surface area contributed by atoms with E-state index < -0.39 is 0 Å². The lowest BCUT2D eigenvalue weighted by atomic mass is 10.00. The van der Waals surface area contributed by atoms with E-state index in [9.17, 15) is 4.79 Å². The van der Waals surface area contributed by atoms with Crippen molar-refractivity contribution in [3.63, 3.8) is 0 Å². The number of hydrogen-bond donors (Lipinski definition) is 4. The SMILES string of the molecule is C=C(/C=C(\N)Nc1nc(C)nc2[nH]c3cc(NC(C)=O)c(OC)cc3c12)C(C)CC.CC. The van der Waals surface area contributed by atoms with Gasteiger partial charge in [-0.1, -0.05) is 34.3 Å². The van der Waals surface area contributed by atoms with Gasteiger partial charge in [-0.2, -0.15) is 0 Å². The predicted octanol–water partition coefficient (Wildman–Crippen LogP) is 5.23. The second-order valence-corrected chi connectivity index (χ2v) is 7.36. The number of rotatable bonds is 7.